The number of aryl methyl sites for hydroxylation is 1. The summed E-state index contributed by atoms with van der Waals surface area (Å²) < 4.78 is 1.86. The zero-order valence-electron chi connectivity index (χ0n) is 9.58. The predicted octanol–water partition coefficient (Wildman–Crippen LogP) is 4.17. The van der Waals surface area contributed by atoms with Crippen LogP contribution in [0.4, 0.5) is 5.82 Å². The number of carbonyl (C=O) groups excluding carboxylic acids is 1. The number of amides is 1. The fourth-order valence-corrected chi connectivity index (χ4v) is 1.88. The van der Waals surface area contributed by atoms with Crippen molar-refractivity contribution in [3.63, 3.8) is 0 Å². The van der Waals surface area contributed by atoms with Crippen LogP contribution in [0.15, 0.2) is 45.5 Å². The van der Waals surface area contributed by atoms with Crippen molar-refractivity contribution in [2.75, 3.05) is 5.32 Å². The van der Waals surface area contributed by atoms with Gasteiger partial charge in [-0.25, -0.2) is 4.98 Å². The van der Waals surface area contributed by atoms with Crippen molar-refractivity contribution in [1.82, 2.24) is 4.98 Å². The molecule has 0 saturated heterocycles. The van der Waals surface area contributed by atoms with Gasteiger partial charge in [0.25, 0.3) is 5.91 Å². The van der Waals surface area contributed by atoms with E-state index in [0.717, 1.165) is 14.5 Å². The minimum Gasteiger partial charge on any atom is -0.307 e. The second-order valence-corrected chi connectivity index (χ2v) is 5.55. The van der Waals surface area contributed by atoms with Gasteiger partial charge in [-0.1, -0.05) is 15.9 Å². The third-order valence-corrected chi connectivity index (χ3v) is 3.75. The number of nitrogens with one attached hydrogen (secondary N) is 1. The Labute approximate surface area is 122 Å². The molecule has 1 aromatic heterocycles. The molecule has 0 spiro atoms. The van der Waals surface area contributed by atoms with Gasteiger partial charge in [-0.2, -0.15) is 0 Å². The minimum atomic E-state index is -0.170. The van der Waals surface area contributed by atoms with Crippen LogP contribution < -0.4 is 5.32 Å². The van der Waals surface area contributed by atoms with Crippen molar-refractivity contribution in [3.05, 3.63) is 56.6 Å². The molecule has 3 nitrogen and oxygen atoms in total. The van der Waals surface area contributed by atoms with Crippen LogP contribution in [0.2, 0.25) is 0 Å². The zero-order valence-corrected chi connectivity index (χ0v) is 12.7. The molecule has 2 aromatic rings. The minimum absolute atomic E-state index is 0.170. The predicted molar refractivity (Wildman–Crippen MR) is 78.8 cm³/mol. The van der Waals surface area contributed by atoms with Gasteiger partial charge < -0.3 is 5.32 Å². The third-order valence-electron chi connectivity index (χ3n) is 2.39. The lowest BCUT2D eigenvalue weighted by atomic mass is 10.2. The lowest BCUT2D eigenvalue weighted by molar-refractivity contribution is 0.102. The molecule has 0 fully saturated rings. The van der Waals surface area contributed by atoms with Crippen molar-refractivity contribution in [3.8, 4) is 0 Å². The summed E-state index contributed by atoms with van der Waals surface area (Å²) in [7, 11) is 0. The Bertz CT molecular complexity index is 582. The Kier molecular flexibility index (Phi) is 4.14. The van der Waals surface area contributed by atoms with Crippen LogP contribution in [0.25, 0.3) is 0 Å². The molecule has 0 aliphatic carbocycles. The topological polar surface area (TPSA) is 42.0 Å². The van der Waals surface area contributed by atoms with E-state index < -0.39 is 0 Å². The molecule has 0 aliphatic rings. The second kappa shape index (κ2) is 5.63. The van der Waals surface area contributed by atoms with Gasteiger partial charge in [0, 0.05) is 20.7 Å². The number of halogens is 2. The SMILES string of the molecule is Cc1cc(NC(=O)c2ccc(Br)cc2)ncc1Br. The van der Waals surface area contributed by atoms with E-state index in [1.165, 1.54) is 0 Å². The van der Waals surface area contributed by atoms with Crippen LogP contribution in [0.3, 0.4) is 0 Å². The zero-order chi connectivity index (χ0) is 13.1. The van der Waals surface area contributed by atoms with Gasteiger partial charge in [-0.3, -0.25) is 4.79 Å². The van der Waals surface area contributed by atoms with Crippen molar-refractivity contribution in [1.29, 1.82) is 0 Å². The molecule has 18 heavy (non-hydrogen) atoms. The van der Waals surface area contributed by atoms with E-state index in [1.54, 1.807) is 18.3 Å². The first-order valence-corrected chi connectivity index (χ1v) is 6.84. The molecule has 1 aromatic carbocycles. The normalized spacial score (nSPS) is 10.2. The number of anilines is 1. The smallest absolute Gasteiger partial charge is 0.256 e. The molecule has 1 amide bonds. The van der Waals surface area contributed by atoms with E-state index in [4.69, 9.17) is 0 Å². The number of rotatable bonds is 2. The van der Waals surface area contributed by atoms with Crippen LogP contribution in [0.5, 0.6) is 0 Å². The van der Waals surface area contributed by atoms with Crippen molar-refractivity contribution >= 4 is 43.6 Å². The average Bonchev–Trinajstić information content (AvgIpc) is 2.34. The van der Waals surface area contributed by atoms with Crippen LogP contribution in [-0.2, 0) is 0 Å². The fraction of sp³-hybridized carbons (Fsp3) is 0.0769. The largest absolute Gasteiger partial charge is 0.307 e. The first kappa shape index (κ1) is 13.2. The summed E-state index contributed by atoms with van der Waals surface area (Å²) in [6.45, 7) is 1.95. The Hall–Kier alpha value is -1.20. The number of nitrogens with zero attached hydrogens (tertiary/aromatic N) is 1. The van der Waals surface area contributed by atoms with Crippen LogP contribution in [0.1, 0.15) is 15.9 Å². The fourth-order valence-electron chi connectivity index (χ4n) is 1.40. The maximum atomic E-state index is 11.9. The molecule has 92 valence electrons. The van der Waals surface area contributed by atoms with Crippen molar-refractivity contribution < 1.29 is 4.79 Å². The van der Waals surface area contributed by atoms with Crippen LogP contribution in [0, 0.1) is 6.92 Å². The van der Waals surface area contributed by atoms with Crippen LogP contribution in [-0.4, -0.2) is 10.9 Å². The summed E-state index contributed by atoms with van der Waals surface area (Å²) in [5, 5.41) is 2.76. The Morgan fingerprint density at radius 1 is 1.22 bits per heavy atom. The standard InChI is InChI=1S/C13H10Br2N2O/c1-8-6-12(16-7-11(8)15)17-13(18)9-2-4-10(14)5-3-9/h2-7H,1H3,(H,16,17,18). The molecule has 0 bridgehead atoms. The van der Waals surface area contributed by atoms with E-state index in [1.807, 2.05) is 25.1 Å². The van der Waals surface area contributed by atoms with Crippen molar-refractivity contribution in [2.45, 2.75) is 6.92 Å². The Morgan fingerprint density at radius 3 is 2.50 bits per heavy atom. The lowest BCUT2D eigenvalue weighted by Gasteiger charge is -2.06. The second-order valence-electron chi connectivity index (χ2n) is 3.78. The molecule has 1 N–H and O–H groups in total. The van der Waals surface area contributed by atoms with Crippen molar-refractivity contribution in [2.24, 2.45) is 0 Å². The maximum absolute atomic E-state index is 11.9. The van der Waals surface area contributed by atoms with Gasteiger partial charge in [-0.05, 0) is 58.7 Å². The molecule has 0 saturated carbocycles. The van der Waals surface area contributed by atoms with E-state index in [2.05, 4.69) is 42.2 Å². The van der Waals surface area contributed by atoms with E-state index >= 15 is 0 Å². The molecule has 0 radical (unpaired) electrons. The van der Waals surface area contributed by atoms with Crippen LogP contribution >= 0.6 is 31.9 Å². The third kappa shape index (κ3) is 3.17. The molecule has 0 unspecified atom stereocenters. The van der Waals surface area contributed by atoms with E-state index in [-0.39, 0.29) is 5.91 Å². The molecule has 1 heterocycles. The van der Waals surface area contributed by atoms with Gasteiger partial charge in [0.1, 0.15) is 5.82 Å². The highest BCUT2D eigenvalue weighted by Crippen LogP contribution is 2.18. The highest BCUT2D eigenvalue weighted by Gasteiger charge is 2.07. The van der Waals surface area contributed by atoms with Gasteiger partial charge in [0.15, 0.2) is 0 Å². The molecule has 2 rings (SSSR count). The number of carbonyl (C=O) groups is 1. The number of hydrogen-bond acceptors (Lipinski definition) is 2. The highest BCUT2D eigenvalue weighted by atomic mass is 79.9. The lowest BCUT2D eigenvalue weighted by Crippen LogP contribution is -2.12. The summed E-state index contributed by atoms with van der Waals surface area (Å²) >= 11 is 6.70. The monoisotopic (exact) mass is 368 g/mol. The Balaban J connectivity index is 2.16. The number of aromatic nitrogens is 1. The molecule has 5 heteroatoms. The summed E-state index contributed by atoms with van der Waals surface area (Å²) in [6.07, 6.45) is 1.67. The van der Waals surface area contributed by atoms with E-state index in [0.29, 0.717) is 11.4 Å². The summed E-state index contributed by atoms with van der Waals surface area (Å²) in [4.78, 5) is 16.1. The summed E-state index contributed by atoms with van der Waals surface area (Å²) in [5.74, 6) is 0.375. The number of pyridine rings is 1. The van der Waals surface area contributed by atoms with E-state index in [9.17, 15) is 4.79 Å². The number of hydrogen-bond donors (Lipinski definition) is 1. The number of benzene rings is 1. The van der Waals surface area contributed by atoms with Gasteiger partial charge in [-0.15, -0.1) is 0 Å². The average molecular weight is 370 g/mol. The quantitative estimate of drug-likeness (QED) is 0.863. The van der Waals surface area contributed by atoms with Gasteiger partial charge >= 0.3 is 0 Å². The van der Waals surface area contributed by atoms with Gasteiger partial charge in [0.05, 0.1) is 0 Å². The highest BCUT2D eigenvalue weighted by molar-refractivity contribution is 9.10. The molecular formula is C13H10Br2N2O. The summed E-state index contributed by atoms with van der Waals surface area (Å²) in [5.41, 5.74) is 1.62. The molecule has 0 aliphatic heterocycles. The Morgan fingerprint density at radius 2 is 1.89 bits per heavy atom. The maximum Gasteiger partial charge on any atom is 0.256 e. The first-order chi connectivity index (χ1) is 8.56. The van der Waals surface area contributed by atoms with Gasteiger partial charge in [0.2, 0.25) is 0 Å². The summed E-state index contributed by atoms with van der Waals surface area (Å²) in [6, 6.07) is 8.99. The molecular weight excluding hydrogens is 360 g/mol. The molecule has 0 atom stereocenters. The first-order valence-electron chi connectivity index (χ1n) is 5.25.